The van der Waals surface area contributed by atoms with E-state index in [0.29, 0.717) is 5.54 Å². The predicted molar refractivity (Wildman–Crippen MR) is 146 cm³/mol. The zero-order chi connectivity index (χ0) is 23.2. The summed E-state index contributed by atoms with van der Waals surface area (Å²) in [6, 6.07) is 0. The lowest BCUT2D eigenvalue weighted by Gasteiger charge is -2.47. The van der Waals surface area contributed by atoms with Crippen LogP contribution in [0.1, 0.15) is 162 Å². The maximum Gasteiger partial charge on any atom is 0.0329 e. The number of nitrogens with one attached hydrogen (secondary N) is 1. The van der Waals surface area contributed by atoms with Gasteiger partial charge in [0.2, 0.25) is 0 Å². The van der Waals surface area contributed by atoms with Crippen molar-refractivity contribution in [1.82, 2.24) is 10.2 Å². The molecule has 0 aliphatic carbocycles. The third-order valence-electron chi connectivity index (χ3n) is 8.28. The van der Waals surface area contributed by atoms with Gasteiger partial charge in [0.15, 0.2) is 0 Å². The highest BCUT2D eigenvalue weighted by atomic mass is 15.3. The number of hydrogen-bond donors (Lipinski definition) is 1. The molecule has 0 aromatic rings. The Hall–Kier alpha value is -0.0800. The second kappa shape index (κ2) is 21.5. The maximum absolute atomic E-state index is 3.63. The van der Waals surface area contributed by atoms with Crippen LogP contribution in [0.5, 0.6) is 0 Å². The first-order valence-electron chi connectivity index (χ1n) is 15.2. The van der Waals surface area contributed by atoms with Gasteiger partial charge in [0.1, 0.15) is 0 Å². The minimum Gasteiger partial charge on any atom is -0.314 e. The van der Waals surface area contributed by atoms with Gasteiger partial charge < -0.3 is 5.32 Å². The number of piperazine rings is 1. The lowest BCUT2D eigenvalue weighted by molar-refractivity contribution is 0.0505. The standard InChI is InChI=1S/C30H62N2/c1-4-7-8-9-10-11-12-13-14-15-16-17-18-19-20-21-22-23-24-25-27-32-28-26-31-29-30(32,5-2)6-3/h31H,4-29H2,1-3H3. The second-order valence-electron chi connectivity index (χ2n) is 10.8. The SMILES string of the molecule is CCCCCCCCCCCCCCCCCCCCCCN1CCNCC1(CC)CC. The summed E-state index contributed by atoms with van der Waals surface area (Å²) >= 11 is 0. The fraction of sp³-hybridized carbons (Fsp3) is 1.00. The molecule has 192 valence electrons. The molecule has 1 saturated heterocycles. The van der Waals surface area contributed by atoms with Crippen LogP contribution in [0, 0.1) is 0 Å². The number of hydrogen-bond acceptors (Lipinski definition) is 2. The maximum atomic E-state index is 3.63. The monoisotopic (exact) mass is 450 g/mol. The molecule has 0 aromatic heterocycles. The summed E-state index contributed by atoms with van der Waals surface area (Å²) in [5, 5.41) is 3.63. The summed E-state index contributed by atoms with van der Waals surface area (Å²) in [6.07, 6.45) is 31.9. The van der Waals surface area contributed by atoms with Crippen LogP contribution in [-0.4, -0.2) is 36.6 Å². The van der Waals surface area contributed by atoms with Gasteiger partial charge in [-0.05, 0) is 25.8 Å². The quantitative estimate of drug-likeness (QED) is 0.156. The van der Waals surface area contributed by atoms with Gasteiger partial charge in [-0.3, -0.25) is 4.90 Å². The van der Waals surface area contributed by atoms with Crippen LogP contribution in [0.15, 0.2) is 0 Å². The third-order valence-corrected chi connectivity index (χ3v) is 8.28. The van der Waals surface area contributed by atoms with E-state index in [0.717, 1.165) is 0 Å². The molecule has 0 unspecified atom stereocenters. The average Bonchev–Trinajstić information content (AvgIpc) is 2.83. The highest BCUT2D eigenvalue weighted by Crippen LogP contribution is 2.26. The first-order chi connectivity index (χ1) is 15.8. The Bertz CT molecular complexity index is 377. The third kappa shape index (κ3) is 14.2. The molecular formula is C30H62N2. The van der Waals surface area contributed by atoms with Gasteiger partial charge in [-0.25, -0.2) is 0 Å². The van der Waals surface area contributed by atoms with E-state index in [-0.39, 0.29) is 0 Å². The molecular weight excluding hydrogens is 388 g/mol. The fourth-order valence-corrected chi connectivity index (χ4v) is 5.74. The number of rotatable bonds is 23. The van der Waals surface area contributed by atoms with Crippen molar-refractivity contribution in [2.75, 3.05) is 26.2 Å². The van der Waals surface area contributed by atoms with Crippen molar-refractivity contribution >= 4 is 0 Å². The summed E-state index contributed by atoms with van der Waals surface area (Å²) in [5.74, 6) is 0. The molecule has 0 saturated carbocycles. The van der Waals surface area contributed by atoms with Crippen molar-refractivity contribution in [1.29, 1.82) is 0 Å². The zero-order valence-electron chi connectivity index (χ0n) is 22.8. The molecule has 0 amide bonds. The minimum absolute atomic E-state index is 0.437. The smallest absolute Gasteiger partial charge is 0.0329 e. The predicted octanol–water partition coefficient (Wildman–Crippen LogP) is 9.27. The summed E-state index contributed by atoms with van der Waals surface area (Å²) in [6.45, 7) is 12.0. The molecule has 1 aliphatic rings. The molecule has 0 radical (unpaired) electrons. The van der Waals surface area contributed by atoms with Crippen LogP contribution in [0.4, 0.5) is 0 Å². The van der Waals surface area contributed by atoms with Gasteiger partial charge in [-0.15, -0.1) is 0 Å². The van der Waals surface area contributed by atoms with Crippen LogP contribution in [0.2, 0.25) is 0 Å². The van der Waals surface area contributed by atoms with Crippen LogP contribution in [0.25, 0.3) is 0 Å². The lowest BCUT2D eigenvalue weighted by Crippen LogP contribution is -2.60. The van der Waals surface area contributed by atoms with Gasteiger partial charge in [0, 0.05) is 25.2 Å². The van der Waals surface area contributed by atoms with Crippen molar-refractivity contribution in [3.8, 4) is 0 Å². The highest BCUT2D eigenvalue weighted by molar-refractivity contribution is 4.94. The molecule has 2 nitrogen and oxygen atoms in total. The van der Waals surface area contributed by atoms with Gasteiger partial charge >= 0.3 is 0 Å². The Labute approximate surface area is 204 Å². The molecule has 1 rings (SSSR count). The normalized spacial score (nSPS) is 16.6. The molecule has 0 aromatic carbocycles. The van der Waals surface area contributed by atoms with E-state index < -0.39 is 0 Å². The highest BCUT2D eigenvalue weighted by Gasteiger charge is 2.34. The summed E-state index contributed by atoms with van der Waals surface area (Å²) in [4.78, 5) is 2.80. The number of nitrogens with zero attached hydrogens (tertiary/aromatic N) is 1. The fourth-order valence-electron chi connectivity index (χ4n) is 5.74. The molecule has 1 aliphatic heterocycles. The summed E-state index contributed by atoms with van der Waals surface area (Å²) in [5.41, 5.74) is 0.437. The number of unbranched alkanes of at least 4 members (excludes halogenated alkanes) is 19. The first-order valence-corrected chi connectivity index (χ1v) is 15.2. The van der Waals surface area contributed by atoms with Crippen molar-refractivity contribution in [3.63, 3.8) is 0 Å². The summed E-state index contributed by atoms with van der Waals surface area (Å²) in [7, 11) is 0. The Morgan fingerprint density at radius 3 is 1.28 bits per heavy atom. The van der Waals surface area contributed by atoms with Gasteiger partial charge in [0.25, 0.3) is 0 Å². The van der Waals surface area contributed by atoms with E-state index in [4.69, 9.17) is 0 Å². The topological polar surface area (TPSA) is 15.3 Å². The molecule has 1 heterocycles. The Morgan fingerprint density at radius 1 is 0.531 bits per heavy atom. The van der Waals surface area contributed by atoms with Crippen molar-refractivity contribution in [3.05, 3.63) is 0 Å². The van der Waals surface area contributed by atoms with Gasteiger partial charge in [-0.1, -0.05) is 143 Å². The van der Waals surface area contributed by atoms with E-state index >= 15 is 0 Å². The van der Waals surface area contributed by atoms with Gasteiger partial charge in [0.05, 0.1) is 0 Å². The largest absolute Gasteiger partial charge is 0.314 e. The molecule has 32 heavy (non-hydrogen) atoms. The van der Waals surface area contributed by atoms with E-state index in [1.807, 2.05) is 0 Å². The van der Waals surface area contributed by atoms with Crippen molar-refractivity contribution in [2.24, 2.45) is 0 Å². The second-order valence-corrected chi connectivity index (χ2v) is 10.8. The molecule has 1 N–H and O–H groups in total. The molecule has 2 heteroatoms. The van der Waals surface area contributed by atoms with E-state index in [1.165, 1.54) is 167 Å². The molecule has 0 spiro atoms. The van der Waals surface area contributed by atoms with Crippen molar-refractivity contribution in [2.45, 2.75) is 168 Å². The molecule has 0 bridgehead atoms. The van der Waals surface area contributed by atoms with Gasteiger partial charge in [-0.2, -0.15) is 0 Å². The van der Waals surface area contributed by atoms with E-state index in [9.17, 15) is 0 Å². The Balaban J connectivity index is 1.78. The van der Waals surface area contributed by atoms with Crippen LogP contribution in [0.3, 0.4) is 0 Å². The van der Waals surface area contributed by atoms with Crippen LogP contribution in [-0.2, 0) is 0 Å². The molecule has 0 atom stereocenters. The zero-order valence-corrected chi connectivity index (χ0v) is 22.8. The van der Waals surface area contributed by atoms with E-state index in [1.54, 1.807) is 0 Å². The average molecular weight is 451 g/mol. The van der Waals surface area contributed by atoms with E-state index in [2.05, 4.69) is 31.0 Å². The van der Waals surface area contributed by atoms with Crippen molar-refractivity contribution < 1.29 is 0 Å². The molecule has 1 fully saturated rings. The Morgan fingerprint density at radius 2 is 0.906 bits per heavy atom. The van der Waals surface area contributed by atoms with Crippen LogP contribution >= 0.6 is 0 Å². The first kappa shape index (κ1) is 30.0. The lowest BCUT2D eigenvalue weighted by atomic mass is 9.88. The summed E-state index contributed by atoms with van der Waals surface area (Å²) < 4.78 is 0. The van der Waals surface area contributed by atoms with Crippen LogP contribution < -0.4 is 5.32 Å². The minimum atomic E-state index is 0.437. The Kier molecular flexibility index (Phi) is 20.1.